The molecular formula is C23H22N4O3. The van der Waals surface area contributed by atoms with Gasteiger partial charge in [0.25, 0.3) is 11.8 Å². The molecule has 0 radical (unpaired) electrons. The predicted molar refractivity (Wildman–Crippen MR) is 113 cm³/mol. The first-order chi connectivity index (χ1) is 14.5. The number of carbonyl (C=O) groups excluding carboxylic acids is 2. The van der Waals surface area contributed by atoms with Crippen LogP contribution < -0.4 is 5.32 Å². The second-order valence-corrected chi connectivity index (χ2v) is 7.28. The summed E-state index contributed by atoms with van der Waals surface area (Å²) in [6.45, 7) is 2.62. The average molecular weight is 402 g/mol. The van der Waals surface area contributed by atoms with E-state index in [1.165, 1.54) is 0 Å². The van der Waals surface area contributed by atoms with Crippen molar-refractivity contribution in [1.82, 2.24) is 14.9 Å². The number of anilines is 1. The number of aromatic nitrogens is 2. The summed E-state index contributed by atoms with van der Waals surface area (Å²) in [7, 11) is 0. The highest BCUT2D eigenvalue weighted by atomic mass is 16.3. The molecule has 1 unspecified atom stereocenters. The number of aliphatic hydroxyl groups excluding tert-OH is 1. The van der Waals surface area contributed by atoms with Crippen molar-refractivity contribution in [2.75, 3.05) is 18.4 Å². The molecule has 0 spiro atoms. The third-order valence-electron chi connectivity index (χ3n) is 5.06. The van der Waals surface area contributed by atoms with Crippen molar-refractivity contribution in [2.45, 2.75) is 19.4 Å². The van der Waals surface area contributed by atoms with Gasteiger partial charge in [-0.05, 0) is 37.6 Å². The van der Waals surface area contributed by atoms with E-state index >= 15 is 0 Å². The van der Waals surface area contributed by atoms with Crippen LogP contribution in [0.15, 0.2) is 60.8 Å². The first kappa shape index (κ1) is 19.7. The van der Waals surface area contributed by atoms with E-state index < -0.39 is 6.10 Å². The molecule has 1 atom stereocenters. The Labute approximate surface area is 174 Å². The van der Waals surface area contributed by atoms with Crippen molar-refractivity contribution >= 4 is 17.5 Å². The Kier molecular flexibility index (Phi) is 5.54. The van der Waals surface area contributed by atoms with E-state index in [-0.39, 0.29) is 17.5 Å². The minimum absolute atomic E-state index is 0.129. The molecule has 1 fully saturated rings. The molecule has 1 aliphatic heterocycles. The highest BCUT2D eigenvalue weighted by Crippen LogP contribution is 2.22. The summed E-state index contributed by atoms with van der Waals surface area (Å²) in [4.78, 5) is 35.9. The van der Waals surface area contributed by atoms with Gasteiger partial charge < -0.3 is 15.3 Å². The van der Waals surface area contributed by atoms with Gasteiger partial charge in [-0.1, -0.05) is 30.3 Å². The van der Waals surface area contributed by atoms with Crippen LogP contribution in [-0.4, -0.2) is 51.0 Å². The Hall–Kier alpha value is -3.58. The normalized spacial score (nSPS) is 15.8. The second kappa shape index (κ2) is 8.42. The van der Waals surface area contributed by atoms with E-state index in [9.17, 15) is 14.7 Å². The molecule has 7 heteroatoms. The zero-order valence-electron chi connectivity index (χ0n) is 16.6. The van der Waals surface area contributed by atoms with Gasteiger partial charge in [-0.15, -0.1) is 0 Å². The van der Waals surface area contributed by atoms with Gasteiger partial charge in [0.2, 0.25) is 0 Å². The lowest BCUT2D eigenvalue weighted by Crippen LogP contribution is -2.29. The fraction of sp³-hybridized carbons (Fsp3) is 0.217. The van der Waals surface area contributed by atoms with Crippen LogP contribution in [0.1, 0.15) is 33.0 Å². The Morgan fingerprint density at radius 2 is 1.93 bits per heavy atom. The van der Waals surface area contributed by atoms with E-state index in [2.05, 4.69) is 15.3 Å². The molecule has 1 aliphatic rings. The number of carbonyl (C=O) groups is 2. The Morgan fingerprint density at radius 3 is 2.67 bits per heavy atom. The zero-order valence-corrected chi connectivity index (χ0v) is 16.6. The van der Waals surface area contributed by atoms with Crippen LogP contribution in [-0.2, 0) is 0 Å². The highest BCUT2D eigenvalue weighted by molar-refractivity contribution is 6.03. The molecular weight excluding hydrogens is 380 g/mol. The number of hydrogen-bond donors (Lipinski definition) is 2. The molecule has 0 aliphatic carbocycles. The molecule has 0 saturated carbocycles. The van der Waals surface area contributed by atoms with Crippen LogP contribution in [0.4, 0.5) is 5.69 Å². The molecule has 152 valence electrons. The monoisotopic (exact) mass is 402 g/mol. The number of aryl methyl sites for hydroxylation is 1. The van der Waals surface area contributed by atoms with Crippen LogP contribution in [0.2, 0.25) is 0 Å². The maximum atomic E-state index is 12.7. The van der Waals surface area contributed by atoms with Gasteiger partial charge >= 0.3 is 0 Å². The number of nitrogens with one attached hydrogen (secondary N) is 1. The number of aliphatic hydroxyl groups is 1. The smallest absolute Gasteiger partial charge is 0.276 e. The topological polar surface area (TPSA) is 95.4 Å². The van der Waals surface area contributed by atoms with Gasteiger partial charge in [0.1, 0.15) is 5.69 Å². The minimum Gasteiger partial charge on any atom is -0.391 e. The summed E-state index contributed by atoms with van der Waals surface area (Å²) >= 11 is 0. The van der Waals surface area contributed by atoms with E-state index in [0.717, 1.165) is 0 Å². The number of nitrogens with zero attached hydrogens (tertiary/aromatic N) is 3. The van der Waals surface area contributed by atoms with Gasteiger partial charge in [0.05, 0.1) is 23.7 Å². The van der Waals surface area contributed by atoms with E-state index in [4.69, 9.17) is 0 Å². The van der Waals surface area contributed by atoms with Crippen LogP contribution in [0, 0.1) is 6.92 Å². The van der Waals surface area contributed by atoms with Crippen molar-refractivity contribution in [1.29, 1.82) is 0 Å². The first-order valence-electron chi connectivity index (χ1n) is 9.79. The van der Waals surface area contributed by atoms with Gasteiger partial charge in [0, 0.05) is 29.9 Å². The third kappa shape index (κ3) is 4.21. The van der Waals surface area contributed by atoms with E-state index in [1.54, 1.807) is 48.4 Å². The second-order valence-electron chi connectivity index (χ2n) is 7.28. The molecule has 4 rings (SSSR count). The molecule has 2 N–H and O–H groups in total. The van der Waals surface area contributed by atoms with Crippen molar-refractivity contribution in [3.63, 3.8) is 0 Å². The number of rotatable bonds is 4. The summed E-state index contributed by atoms with van der Waals surface area (Å²) in [6, 6.07) is 16.2. The zero-order chi connectivity index (χ0) is 21.1. The lowest BCUT2D eigenvalue weighted by molar-refractivity contribution is 0.0765. The Morgan fingerprint density at radius 1 is 1.13 bits per heavy atom. The fourth-order valence-electron chi connectivity index (χ4n) is 3.44. The first-order valence-corrected chi connectivity index (χ1v) is 9.79. The van der Waals surface area contributed by atoms with Crippen molar-refractivity contribution in [3.05, 3.63) is 77.7 Å². The highest BCUT2D eigenvalue weighted by Gasteiger charge is 2.25. The van der Waals surface area contributed by atoms with Crippen molar-refractivity contribution in [3.8, 4) is 11.3 Å². The maximum absolute atomic E-state index is 12.7. The number of β-amino-alcohol motifs (C(OH)–C–C–N with tert-alkyl or cyclic N) is 1. The molecule has 2 aromatic carbocycles. The number of amides is 2. The van der Waals surface area contributed by atoms with Gasteiger partial charge in [-0.3, -0.25) is 14.6 Å². The molecule has 7 nitrogen and oxygen atoms in total. The minimum atomic E-state index is -0.467. The predicted octanol–water partition coefficient (Wildman–Crippen LogP) is 2.91. The number of hydrogen-bond acceptors (Lipinski definition) is 5. The molecule has 0 bridgehead atoms. The Bertz CT molecular complexity index is 1080. The third-order valence-corrected chi connectivity index (χ3v) is 5.06. The molecule has 30 heavy (non-hydrogen) atoms. The molecule has 1 saturated heterocycles. The molecule has 2 amide bonds. The van der Waals surface area contributed by atoms with Gasteiger partial charge in [-0.25, -0.2) is 4.98 Å². The summed E-state index contributed by atoms with van der Waals surface area (Å²) < 4.78 is 0. The lowest BCUT2D eigenvalue weighted by Gasteiger charge is -2.16. The number of benzene rings is 2. The van der Waals surface area contributed by atoms with Crippen LogP contribution >= 0.6 is 0 Å². The van der Waals surface area contributed by atoms with Gasteiger partial charge in [0.15, 0.2) is 0 Å². The fourth-order valence-corrected chi connectivity index (χ4v) is 3.44. The summed E-state index contributed by atoms with van der Waals surface area (Å²) in [6.07, 6.45) is 1.72. The average Bonchev–Trinajstić information content (AvgIpc) is 3.20. The van der Waals surface area contributed by atoms with Crippen molar-refractivity contribution < 1.29 is 14.7 Å². The summed E-state index contributed by atoms with van der Waals surface area (Å²) in [5, 5.41) is 12.5. The standard InChI is InChI=1S/C23H22N4O3/c1-15-21(22(29)25-18-8-3-2-4-9-18)26-20(13-24-15)16-6-5-7-17(12-16)23(30)27-11-10-19(28)14-27/h2-9,12-13,19,28H,10-11,14H2,1H3,(H,25,29). The number of likely N-dealkylation sites (tertiary alicyclic amines) is 1. The van der Waals surface area contributed by atoms with Crippen LogP contribution in [0.3, 0.4) is 0 Å². The summed E-state index contributed by atoms with van der Waals surface area (Å²) in [5.74, 6) is -0.471. The molecule has 2 heterocycles. The van der Waals surface area contributed by atoms with Gasteiger partial charge in [-0.2, -0.15) is 0 Å². The molecule has 1 aromatic heterocycles. The molecule has 3 aromatic rings. The van der Waals surface area contributed by atoms with Crippen LogP contribution in [0.25, 0.3) is 11.3 Å². The largest absolute Gasteiger partial charge is 0.391 e. The SMILES string of the molecule is Cc1ncc(-c2cccc(C(=O)N3CCC(O)C3)c2)nc1C(=O)Nc1ccccc1. The number of para-hydroxylation sites is 1. The quantitative estimate of drug-likeness (QED) is 0.700. The van der Waals surface area contributed by atoms with E-state index in [0.29, 0.717) is 47.7 Å². The lowest BCUT2D eigenvalue weighted by atomic mass is 10.1. The van der Waals surface area contributed by atoms with Crippen LogP contribution in [0.5, 0.6) is 0 Å². The van der Waals surface area contributed by atoms with E-state index in [1.807, 2.05) is 24.3 Å². The van der Waals surface area contributed by atoms with Crippen molar-refractivity contribution in [2.24, 2.45) is 0 Å². The maximum Gasteiger partial charge on any atom is 0.276 e. The summed E-state index contributed by atoms with van der Waals surface area (Å²) in [5.41, 5.74) is 3.15. The Balaban J connectivity index is 1.59.